The molecule has 0 amide bonds. The summed E-state index contributed by atoms with van der Waals surface area (Å²) in [7, 11) is 0. The molecule has 5 nitrogen and oxygen atoms in total. The predicted molar refractivity (Wildman–Crippen MR) is 72.2 cm³/mol. The average Bonchev–Trinajstić information content (AvgIpc) is 3.01. The van der Waals surface area contributed by atoms with Crippen LogP contribution in [0.4, 0.5) is 5.82 Å². The quantitative estimate of drug-likeness (QED) is 0.898. The van der Waals surface area contributed by atoms with E-state index in [0.29, 0.717) is 11.8 Å². The van der Waals surface area contributed by atoms with Crippen LogP contribution in [0.5, 0.6) is 0 Å². The molecule has 1 aromatic heterocycles. The Kier molecular flexibility index (Phi) is 4.25. The molecular weight excluding hydrogens is 242 g/mol. The summed E-state index contributed by atoms with van der Waals surface area (Å²) < 4.78 is 10.8. The van der Waals surface area contributed by atoms with Crippen LogP contribution in [0.15, 0.2) is 12.4 Å². The SMILES string of the molecule is c1nc(NCC2CCOCC2)cc(C2CCOC2)n1. The van der Waals surface area contributed by atoms with Gasteiger partial charge >= 0.3 is 0 Å². The molecule has 1 aromatic rings. The molecule has 0 aromatic carbocycles. The summed E-state index contributed by atoms with van der Waals surface area (Å²) in [5, 5.41) is 3.43. The van der Waals surface area contributed by atoms with Crippen molar-refractivity contribution in [3.8, 4) is 0 Å². The minimum Gasteiger partial charge on any atom is -0.381 e. The van der Waals surface area contributed by atoms with E-state index in [1.807, 2.05) is 0 Å². The summed E-state index contributed by atoms with van der Waals surface area (Å²) in [5.41, 5.74) is 1.10. The second-order valence-electron chi connectivity index (χ2n) is 5.33. The number of hydrogen-bond donors (Lipinski definition) is 1. The van der Waals surface area contributed by atoms with Crippen LogP contribution in [0.2, 0.25) is 0 Å². The zero-order chi connectivity index (χ0) is 12.9. The first-order valence-electron chi connectivity index (χ1n) is 7.13. The molecule has 104 valence electrons. The molecule has 2 saturated heterocycles. The Bertz CT molecular complexity index is 401. The van der Waals surface area contributed by atoms with E-state index in [4.69, 9.17) is 9.47 Å². The fourth-order valence-electron chi connectivity index (χ4n) is 2.66. The third-order valence-corrected chi connectivity index (χ3v) is 3.95. The number of rotatable bonds is 4. The van der Waals surface area contributed by atoms with E-state index < -0.39 is 0 Å². The van der Waals surface area contributed by atoms with Crippen LogP contribution in [0.1, 0.15) is 30.9 Å². The lowest BCUT2D eigenvalue weighted by molar-refractivity contribution is 0.0699. The Morgan fingerprint density at radius 2 is 1.95 bits per heavy atom. The molecule has 1 atom stereocenters. The van der Waals surface area contributed by atoms with Crippen molar-refractivity contribution >= 4 is 5.82 Å². The first-order chi connectivity index (χ1) is 9.42. The Balaban J connectivity index is 1.56. The van der Waals surface area contributed by atoms with Crippen molar-refractivity contribution in [2.24, 2.45) is 5.92 Å². The number of nitrogens with zero attached hydrogens (tertiary/aromatic N) is 2. The van der Waals surface area contributed by atoms with Gasteiger partial charge in [0.25, 0.3) is 0 Å². The van der Waals surface area contributed by atoms with Gasteiger partial charge in [0.15, 0.2) is 0 Å². The van der Waals surface area contributed by atoms with Gasteiger partial charge in [-0.1, -0.05) is 0 Å². The van der Waals surface area contributed by atoms with Gasteiger partial charge in [0.2, 0.25) is 0 Å². The molecule has 5 heteroatoms. The summed E-state index contributed by atoms with van der Waals surface area (Å²) in [6.45, 7) is 4.39. The minimum absolute atomic E-state index is 0.437. The lowest BCUT2D eigenvalue weighted by Crippen LogP contribution is -2.23. The molecule has 1 N–H and O–H groups in total. The first-order valence-corrected chi connectivity index (χ1v) is 7.13. The van der Waals surface area contributed by atoms with E-state index in [2.05, 4.69) is 21.4 Å². The van der Waals surface area contributed by atoms with Crippen LogP contribution in [0.3, 0.4) is 0 Å². The van der Waals surface area contributed by atoms with Crippen molar-refractivity contribution in [1.82, 2.24) is 9.97 Å². The molecule has 0 radical (unpaired) electrons. The van der Waals surface area contributed by atoms with Crippen LogP contribution in [0, 0.1) is 5.92 Å². The highest BCUT2D eigenvalue weighted by molar-refractivity contribution is 5.36. The monoisotopic (exact) mass is 263 g/mol. The van der Waals surface area contributed by atoms with Crippen molar-refractivity contribution in [2.75, 3.05) is 38.3 Å². The third-order valence-electron chi connectivity index (χ3n) is 3.95. The van der Waals surface area contributed by atoms with Crippen molar-refractivity contribution in [2.45, 2.75) is 25.2 Å². The smallest absolute Gasteiger partial charge is 0.129 e. The molecule has 19 heavy (non-hydrogen) atoms. The number of anilines is 1. The summed E-state index contributed by atoms with van der Waals surface area (Å²) >= 11 is 0. The topological polar surface area (TPSA) is 56.3 Å². The van der Waals surface area contributed by atoms with Gasteiger partial charge in [0.05, 0.1) is 12.3 Å². The average molecular weight is 263 g/mol. The molecule has 2 aliphatic rings. The second-order valence-corrected chi connectivity index (χ2v) is 5.33. The molecule has 2 fully saturated rings. The van der Waals surface area contributed by atoms with E-state index >= 15 is 0 Å². The third kappa shape index (κ3) is 3.42. The van der Waals surface area contributed by atoms with Gasteiger partial charge in [0, 0.05) is 38.3 Å². The second kappa shape index (κ2) is 6.30. The van der Waals surface area contributed by atoms with E-state index in [0.717, 1.165) is 63.7 Å². The van der Waals surface area contributed by atoms with Gasteiger partial charge in [-0.2, -0.15) is 0 Å². The number of ether oxygens (including phenoxy) is 2. The van der Waals surface area contributed by atoms with Crippen LogP contribution < -0.4 is 5.32 Å². The Hall–Kier alpha value is -1.20. The number of nitrogens with one attached hydrogen (secondary N) is 1. The maximum Gasteiger partial charge on any atom is 0.129 e. The van der Waals surface area contributed by atoms with Gasteiger partial charge in [-0.15, -0.1) is 0 Å². The van der Waals surface area contributed by atoms with E-state index in [1.165, 1.54) is 0 Å². The molecule has 0 aliphatic carbocycles. The molecule has 0 bridgehead atoms. The number of aromatic nitrogens is 2. The zero-order valence-electron chi connectivity index (χ0n) is 11.2. The largest absolute Gasteiger partial charge is 0.381 e. The summed E-state index contributed by atoms with van der Waals surface area (Å²) in [6.07, 6.45) is 5.00. The normalized spacial score (nSPS) is 24.5. The summed E-state index contributed by atoms with van der Waals surface area (Å²) in [5.74, 6) is 2.07. The Labute approximate surface area is 113 Å². The Morgan fingerprint density at radius 1 is 1.11 bits per heavy atom. The highest BCUT2D eigenvalue weighted by Crippen LogP contribution is 2.24. The fraction of sp³-hybridized carbons (Fsp3) is 0.714. The number of hydrogen-bond acceptors (Lipinski definition) is 5. The van der Waals surface area contributed by atoms with Crippen molar-refractivity contribution in [3.05, 3.63) is 18.1 Å². The molecule has 0 spiro atoms. The highest BCUT2D eigenvalue weighted by Gasteiger charge is 2.19. The van der Waals surface area contributed by atoms with Crippen LogP contribution in [-0.4, -0.2) is 42.9 Å². The zero-order valence-corrected chi connectivity index (χ0v) is 11.2. The van der Waals surface area contributed by atoms with Crippen LogP contribution >= 0.6 is 0 Å². The van der Waals surface area contributed by atoms with E-state index in [-0.39, 0.29) is 0 Å². The van der Waals surface area contributed by atoms with Crippen LogP contribution in [0.25, 0.3) is 0 Å². The minimum atomic E-state index is 0.437. The van der Waals surface area contributed by atoms with Crippen molar-refractivity contribution in [3.63, 3.8) is 0 Å². The lowest BCUT2D eigenvalue weighted by Gasteiger charge is -2.22. The van der Waals surface area contributed by atoms with E-state index in [1.54, 1.807) is 6.33 Å². The first kappa shape index (κ1) is 12.8. The van der Waals surface area contributed by atoms with Gasteiger partial charge < -0.3 is 14.8 Å². The lowest BCUT2D eigenvalue weighted by atomic mass is 10.0. The highest BCUT2D eigenvalue weighted by atomic mass is 16.5. The van der Waals surface area contributed by atoms with Gasteiger partial charge in [-0.25, -0.2) is 9.97 Å². The molecular formula is C14H21N3O2. The molecule has 1 unspecified atom stereocenters. The van der Waals surface area contributed by atoms with Gasteiger partial charge in [-0.3, -0.25) is 0 Å². The van der Waals surface area contributed by atoms with Crippen LogP contribution in [-0.2, 0) is 9.47 Å². The Morgan fingerprint density at radius 3 is 2.74 bits per heavy atom. The maximum absolute atomic E-state index is 5.41. The van der Waals surface area contributed by atoms with Gasteiger partial charge in [-0.05, 0) is 25.2 Å². The van der Waals surface area contributed by atoms with E-state index in [9.17, 15) is 0 Å². The molecule has 3 rings (SSSR count). The summed E-state index contributed by atoms with van der Waals surface area (Å²) in [6, 6.07) is 2.07. The maximum atomic E-state index is 5.41. The van der Waals surface area contributed by atoms with Crippen molar-refractivity contribution < 1.29 is 9.47 Å². The molecule has 2 aliphatic heterocycles. The van der Waals surface area contributed by atoms with Gasteiger partial charge in [0.1, 0.15) is 12.1 Å². The fourth-order valence-corrected chi connectivity index (χ4v) is 2.66. The summed E-state index contributed by atoms with van der Waals surface area (Å²) in [4.78, 5) is 8.67. The standard InChI is InChI=1S/C14H21N3O2/c1-4-18-5-2-11(1)8-15-14-7-13(16-10-17-14)12-3-6-19-9-12/h7,10-12H,1-6,8-9H2,(H,15,16,17). The predicted octanol–water partition coefficient (Wildman–Crippen LogP) is 1.82. The molecule has 3 heterocycles. The molecule has 0 saturated carbocycles. The van der Waals surface area contributed by atoms with Crippen molar-refractivity contribution in [1.29, 1.82) is 0 Å².